The van der Waals surface area contributed by atoms with Gasteiger partial charge in [0.1, 0.15) is 17.4 Å². The molecule has 1 saturated heterocycles. The SMILES string of the molecule is COc1ccc(CCC(=O)N2CCCC(c3nnc4n3CCNC4)C2)cc1. The van der Waals surface area contributed by atoms with Crippen molar-refractivity contribution >= 4 is 5.91 Å². The lowest BCUT2D eigenvalue weighted by Crippen LogP contribution is -2.40. The first-order valence-corrected chi connectivity index (χ1v) is 9.78. The van der Waals surface area contributed by atoms with Crippen LogP contribution in [0.4, 0.5) is 0 Å². The summed E-state index contributed by atoms with van der Waals surface area (Å²) in [4.78, 5) is 14.8. The Morgan fingerprint density at radius 2 is 2.11 bits per heavy atom. The molecule has 27 heavy (non-hydrogen) atoms. The molecule has 2 aliphatic heterocycles. The van der Waals surface area contributed by atoms with Crippen LogP contribution in [-0.4, -0.2) is 52.3 Å². The number of piperidine rings is 1. The Hall–Kier alpha value is -2.41. The van der Waals surface area contributed by atoms with E-state index in [0.29, 0.717) is 12.3 Å². The van der Waals surface area contributed by atoms with Crippen molar-refractivity contribution in [1.82, 2.24) is 25.0 Å². The molecule has 4 rings (SSSR count). The number of rotatable bonds is 5. The van der Waals surface area contributed by atoms with Crippen molar-refractivity contribution in [2.45, 2.75) is 44.7 Å². The zero-order chi connectivity index (χ0) is 18.6. The Bertz CT molecular complexity index is 786. The standard InChI is InChI=1S/C20H27N5O2/c1-27-17-7-4-15(5-8-17)6-9-19(26)24-11-2-3-16(14-24)20-23-22-18-13-21-10-12-25(18)20/h4-5,7-8,16,21H,2-3,6,9-14H2,1H3. The Labute approximate surface area is 159 Å². The first kappa shape index (κ1) is 18.0. The van der Waals surface area contributed by atoms with E-state index in [1.807, 2.05) is 29.2 Å². The van der Waals surface area contributed by atoms with Gasteiger partial charge in [-0.05, 0) is 37.0 Å². The minimum atomic E-state index is 0.232. The number of benzene rings is 1. The van der Waals surface area contributed by atoms with Gasteiger partial charge in [-0.2, -0.15) is 0 Å². The zero-order valence-electron chi connectivity index (χ0n) is 15.9. The molecule has 1 aromatic carbocycles. The molecule has 144 valence electrons. The van der Waals surface area contributed by atoms with Crippen LogP contribution >= 0.6 is 0 Å². The van der Waals surface area contributed by atoms with Crippen LogP contribution in [0.2, 0.25) is 0 Å². The number of hydrogen-bond donors (Lipinski definition) is 1. The van der Waals surface area contributed by atoms with Gasteiger partial charge in [0.05, 0.1) is 13.7 Å². The summed E-state index contributed by atoms with van der Waals surface area (Å²) < 4.78 is 7.43. The molecule has 2 aliphatic rings. The lowest BCUT2D eigenvalue weighted by Gasteiger charge is -2.33. The monoisotopic (exact) mass is 369 g/mol. The van der Waals surface area contributed by atoms with Crippen LogP contribution in [0.15, 0.2) is 24.3 Å². The van der Waals surface area contributed by atoms with Gasteiger partial charge < -0.3 is 19.5 Å². The Morgan fingerprint density at radius 1 is 1.26 bits per heavy atom. The van der Waals surface area contributed by atoms with Crippen LogP contribution in [0.1, 0.15) is 42.4 Å². The van der Waals surface area contributed by atoms with Gasteiger partial charge in [-0.25, -0.2) is 0 Å². The third kappa shape index (κ3) is 3.98. The zero-order valence-corrected chi connectivity index (χ0v) is 15.9. The number of aromatic nitrogens is 3. The van der Waals surface area contributed by atoms with Crippen LogP contribution in [0, 0.1) is 0 Å². The normalized spacial score (nSPS) is 19.6. The second-order valence-electron chi connectivity index (χ2n) is 7.33. The maximum absolute atomic E-state index is 12.7. The van der Waals surface area contributed by atoms with Crippen molar-refractivity contribution < 1.29 is 9.53 Å². The predicted octanol–water partition coefficient (Wildman–Crippen LogP) is 1.73. The number of carbonyl (C=O) groups is 1. The maximum Gasteiger partial charge on any atom is 0.222 e. The van der Waals surface area contributed by atoms with Gasteiger partial charge in [-0.15, -0.1) is 10.2 Å². The van der Waals surface area contributed by atoms with E-state index >= 15 is 0 Å². The minimum absolute atomic E-state index is 0.232. The second-order valence-corrected chi connectivity index (χ2v) is 7.33. The molecule has 1 N–H and O–H groups in total. The third-order valence-electron chi connectivity index (χ3n) is 5.58. The Morgan fingerprint density at radius 3 is 2.93 bits per heavy atom. The summed E-state index contributed by atoms with van der Waals surface area (Å²) in [5, 5.41) is 12.1. The minimum Gasteiger partial charge on any atom is -0.497 e. The smallest absolute Gasteiger partial charge is 0.222 e. The van der Waals surface area contributed by atoms with Crippen molar-refractivity contribution in [3.05, 3.63) is 41.5 Å². The van der Waals surface area contributed by atoms with Crippen molar-refractivity contribution in [1.29, 1.82) is 0 Å². The van der Waals surface area contributed by atoms with Gasteiger partial charge in [0.25, 0.3) is 0 Å². The van der Waals surface area contributed by atoms with E-state index < -0.39 is 0 Å². The lowest BCUT2D eigenvalue weighted by atomic mass is 9.96. The number of carbonyl (C=O) groups excluding carboxylic acids is 1. The maximum atomic E-state index is 12.7. The van der Waals surface area contributed by atoms with E-state index in [-0.39, 0.29) is 5.91 Å². The largest absolute Gasteiger partial charge is 0.497 e. The summed E-state index contributed by atoms with van der Waals surface area (Å²) in [6, 6.07) is 7.95. The van der Waals surface area contributed by atoms with Crippen LogP contribution in [-0.2, 0) is 24.3 Å². The molecule has 0 aliphatic carbocycles. The third-order valence-corrected chi connectivity index (χ3v) is 5.58. The number of nitrogens with one attached hydrogen (secondary N) is 1. The number of nitrogens with zero attached hydrogens (tertiary/aromatic N) is 4. The van der Waals surface area contributed by atoms with Crippen molar-refractivity contribution in [3.8, 4) is 5.75 Å². The van der Waals surface area contributed by atoms with Gasteiger partial charge in [0.15, 0.2) is 0 Å². The Balaban J connectivity index is 1.36. The van der Waals surface area contributed by atoms with E-state index in [2.05, 4.69) is 20.1 Å². The fraction of sp³-hybridized carbons (Fsp3) is 0.550. The number of methoxy groups -OCH3 is 1. The van der Waals surface area contributed by atoms with Gasteiger partial charge in [-0.1, -0.05) is 12.1 Å². The summed E-state index contributed by atoms with van der Waals surface area (Å²) in [6.07, 6.45) is 3.41. The van der Waals surface area contributed by atoms with Crippen LogP contribution in [0.3, 0.4) is 0 Å². The lowest BCUT2D eigenvalue weighted by molar-refractivity contribution is -0.132. The molecule has 1 aromatic heterocycles. The number of fused-ring (bicyclic) bond motifs is 1. The highest BCUT2D eigenvalue weighted by atomic mass is 16.5. The van der Waals surface area contributed by atoms with Crippen molar-refractivity contribution in [3.63, 3.8) is 0 Å². The van der Waals surface area contributed by atoms with E-state index in [1.54, 1.807) is 7.11 Å². The topological polar surface area (TPSA) is 72.3 Å². The molecule has 0 radical (unpaired) electrons. The fourth-order valence-corrected chi connectivity index (χ4v) is 4.03. The molecule has 0 spiro atoms. The van der Waals surface area contributed by atoms with Crippen LogP contribution in [0.5, 0.6) is 5.75 Å². The molecule has 1 amide bonds. The van der Waals surface area contributed by atoms with E-state index in [4.69, 9.17) is 4.74 Å². The molecule has 1 unspecified atom stereocenters. The molecule has 0 saturated carbocycles. The van der Waals surface area contributed by atoms with Gasteiger partial charge in [0, 0.05) is 38.5 Å². The summed E-state index contributed by atoms with van der Waals surface area (Å²) in [5.41, 5.74) is 1.16. The highest BCUT2D eigenvalue weighted by Crippen LogP contribution is 2.27. The van der Waals surface area contributed by atoms with Gasteiger partial charge >= 0.3 is 0 Å². The predicted molar refractivity (Wildman–Crippen MR) is 102 cm³/mol. The summed E-state index contributed by atoms with van der Waals surface area (Å²) >= 11 is 0. The fourth-order valence-electron chi connectivity index (χ4n) is 4.03. The molecule has 0 bridgehead atoms. The van der Waals surface area contributed by atoms with Crippen molar-refractivity contribution in [2.75, 3.05) is 26.7 Å². The van der Waals surface area contributed by atoms with E-state index in [0.717, 1.165) is 74.9 Å². The molecule has 7 nitrogen and oxygen atoms in total. The van der Waals surface area contributed by atoms with Crippen LogP contribution in [0.25, 0.3) is 0 Å². The number of amides is 1. The number of hydrogen-bond acceptors (Lipinski definition) is 5. The number of aryl methyl sites for hydroxylation is 1. The summed E-state index contributed by atoms with van der Waals surface area (Å²) in [6.45, 7) is 4.26. The average molecular weight is 369 g/mol. The molecule has 2 aromatic rings. The molecular formula is C20H27N5O2. The molecule has 3 heterocycles. The van der Waals surface area contributed by atoms with E-state index in [9.17, 15) is 4.79 Å². The first-order chi connectivity index (χ1) is 13.2. The van der Waals surface area contributed by atoms with Gasteiger partial charge in [0.2, 0.25) is 5.91 Å². The summed E-state index contributed by atoms with van der Waals surface area (Å²) in [5.74, 6) is 3.44. The summed E-state index contributed by atoms with van der Waals surface area (Å²) in [7, 11) is 1.66. The quantitative estimate of drug-likeness (QED) is 0.869. The Kier molecular flexibility index (Phi) is 5.38. The highest BCUT2D eigenvalue weighted by molar-refractivity contribution is 5.76. The first-order valence-electron chi connectivity index (χ1n) is 9.78. The van der Waals surface area contributed by atoms with E-state index in [1.165, 1.54) is 0 Å². The number of ether oxygens (including phenoxy) is 1. The van der Waals surface area contributed by atoms with Crippen LogP contribution < -0.4 is 10.1 Å². The molecule has 1 fully saturated rings. The number of likely N-dealkylation sites (tertiary alicyclic amines) is 1. The van der Waals surface area contributed by atoms with Gasteiger partial charge in [-0.3, -0.25) is 4.79 Å². The highest BCUT2D eigenvalue weighted by Gasteiger charge is 2.29. The average Bonchev–Trinajstić information content (AvgIpc) is 3.16. The molecular weight excluding hydrogens is 342 g/mol. The molecule has 7 heteroatoms. The van der Waals surface area contributed by atoms with Crippen molar-refractivity contribution in [2.24, 2.45) is 0 Å². The molecule has 1 atom stereocenters. The second kappa shape index (κ2) is 8.08.